The molecule has 1 aromatic carbocycles. The summed E-state index contributed by atoms with van der Waals surface area (Å²) in [7, 11) is 2.20. The summed E-state index contributed by atoms with van der Waals surface area (Å²) in [5.41, 5.74) is 6.67. The molecular weight excluding hydrogens is 286 g/mol. The minimum Gasteiger partial charge on any atom is -0.366 e. The SMILES string of the molecule is CN(CCNCc1ccc(C(N)=O)cc1Cl)C1CCCC1. The van der Waals surface area contributed by atoms with E-state index in [2.05, 4.69) is 17.3 Å². The fourth-order valence-corrected chi connectivity index (χ4v) is 3.10. The van der Waals surface area contributed by atoms with Gasteiger partial charge in [0.05, 0.1) is 0 Å². The summed E-state index contributed by atoms with van der Waals surface area (Å²) >= 11 is 6.16. The first-order chi connectivity index (χ1) is 10.1. The second kappa shape index (κ2) is 7.78. The largest absolute Gasteiger partial charge is 0.366 e. The van der Waals surface area contributed by atoms with Crippen molar-refractivity contribution in [2.24, 2.45) is 5.73 Å². The summed E-state index contributed by atoms with van der Waals surface area (Å²) in [4.78, 5) is 13.5. The van der Waals surface area contributed by atoms with Crippen molar-refractivity contribution in [3.05, 3.63) is 34.3 Å². The Morgan fingerprint density at radius 3 is 2.76 bits per heavy atom. The number of carbonyl (C=O) groups is 1. The van der Waals surface area contributed by atoms with Crippen molar-refractivity contribution < 1.29 is 4.79 Å². The van der Waals surface area contributed by atoms with E-state index in [1.807, 2.05) is 6.07 Å². The minimum absolute atomic E-state index is 0.449. The van der Waals surface area contributed by atoms with Gasteiger partial charge in [-0.1, -0.05) is 30.5 Å². The Kier molecular flexibility index (Phi) is 6.03. The molecule has 1 aromatic rings. The number of primary amides is 1. The fourth-order valence-electron chi connectivity index (χ4n) is 2.85. The normalized spacial score (nSPS) is 15.8. The molecule has 1 saturated carbocycles. The van der Waals surface area contributed by atoms with Gasteiger partial charge >= 0.3 is 0 Å². The topological polar surface area (TPSA) is 58.4 Å². The van der Waals surface area contributed by atoms with Gasteiger partial charge in [0.15, 0.2) is 0 Å². The summed E-state index contributed by atoms with van der Waals surface area (Å²) in [6.45, 7) is 2.68. The first-order valence-electron chi connectivity index (χ1n) is 7.57. The van der Waals surface area contributed by atoms with Crippen LogP contribution < -0.4 is 11.1 Å². The Bertz CT molecular complexity index is 486. The van der Waals surface area contributed by atoms with Crippen molar-refractivity contribution in [2.45, 2.75) is 38.3 Å². The molecule has 0 aliphatic heterocycles. The molecule has 1 fully saturated rings. The summed E-state index contributed by atoms with van der Waals surface area (Å²) in [6.07, 6.45) is 5.39. The lowest BCUT2D eigenvalue weighted by atomic mass is 10.1. The highest BCUT2D eigenvalue weighted by molar-refractivity contribution is 6.31. The molecule has 5 heteroatoms. The third kappa shape index (κ3) is 4.70. The van der Waals surface area contributed by atoms with E-state index in [4.69, 9.17) is 17.3 Å². The second-order valence-corrected chi connectivity index (χ2v) is 6.17. The highest BCUT2D eigenvalue weighted by Crippen LogP contribution is 2.22. The Morgan fingerprint density at radius 2 is 2.14 bits per heavy atom. The standard InChI is InChI=1S/C16H24ClN3O/c1-20(14-4-2-3-5-14)9-8-19-11-13-7-6-12(16(18)21)10-15(13)17/h6-7,10,14,19H,2-5,8-9,11H2,1H3,(H2,18,21). The fraction of sp³-hybridized carbons (Fsp3) is 0.562. The molecule has 3 N–H and O–H groups in total. The van der Waals surface area contributed by atoms with E-state index in [1.165, 1.54) is 25.7 Å². The number of hydrogen-bond acceptors (Lipinski definition) is 3. The highest BCUT2D eigenvalue weighted by atomic mass is 35.5. The van der Waals surface area contributed by atoms with E-state index in [-0.39, 0.29) is 0 Å². The van der Waals surface area contributed by atoms with E-state index in [9.17, 15) is 4.79 Å². The monoisotopic (exact) mass is 309 g/mol. The number of likely N-dealkylation sites (N-methyl/N-ethyl adjacent to an activating group) is 1. The van der Waals surface area contributed by atoms with Crippen LogP contribution in [0.5, 0.6) is 0 Å². The summed E-state index contributed by atoms with van der Waals surface area (Å²) < 4.78 is 0. The summed E-state index contributed by atoms with van der Waals surface area (Å²) in [5, 5.41) is 3.99. The van der Waals surface area contributed by atoms with Gasteiger partial charge in [-0.2, -0.15) is 0 Å². The van der Waals surface area contributed by atoms with Crippen LogP contribution in [0.3, 0.4) is 0 Å². The third-order valence-corrected chi connectivity index (χ3v) is 4.59. The minimum atomic E-state index is -0.449. The molecule has 1 aliphatic carbocycles. The zero-order valence-corrected chi connectivity index (χ0v) is 13.3. The van der Waals surface area contributed by atoms with Gasteiger partial charge in [0.1, 0.15) is 0 Å². The predicted octanol–water partition coefficient (Wildman–Crippen LogP) is 2.40. The van der Waals surface area contributed by atoms with Gasteiger partial charge in [-0.3, -0.25) is 4.79 Å². The van der Waals surface area contributed by atoms with E-state index >= 15 is 0 Å². The Labute approximate surface area is 131 Å². The maximum atomic E-state index is 11.1. The molecule has 1 aliphatic rings. The molecule has 1 amide bonds. The molecular formula is C16H24ClN3O. The molecule has 2 rings (SSSR count). The molecule has 4 nitrogen and oxygen atoms in total. The van der Waals surface area contributed by atoms with Crippen LogP contribution in [0.4, 0.5) is 0 Å². The first-order valence-corrected chi connectivity index (χ1v) is 7.95. The number of nitrogens with two attached hydrogens (primary N) is 1. The van der Waals surface area contributed by atoms with Gasteiger partial charge in [0.25, 0.3) is 0 Å². The first kappa shape index (κ1) is 16.3. The molecule has 0 aromatic heterocycles. The molecule has 0 heterocycles. The van der Waals surface area contributed by atoms with E-state index in [1.54, 1.807) is 12.1 Å². The van der Waals surface area contributed by atoms with Crippen molar-refractivity contribution in [3.63, 3.8) is 0 Å². The molecule has 0 spiro atoms. The van der Waals surface area contributed by atoms with Gasteiger partial charge < -0.3 is 16.0 Å². The highest BCUT2D eigenvalue weighted by Gasteiger charge is 2.18. The van der Waals surface area contributed by atoms with Gasteiger partial charge in [-0.15, -0.1) is 0 Å². The van der Waals surface area contributed by atoms with Crippen LogP contribution in [0.15, 0.2) is 18.2 Å². The number of rotatable bonds is 7. The number of carbonyl (C=O) groups excluding carboxylic acids is 1. The average Bonchev–Trinajstić information content (AvgIpc) is 2.98. The van der Waals surface area contributed by atoms with Crippen LogP contribution in [-0.4, -0.2) is 37.0 Å². The second-order valence-electron chi connectivity index (χ2n) is 5.77. The molecule has 0 unspecified atom stereocenters. The van der Waals surface area contributed by atoms with Crippen molar-refractivity contribution in [2.75, 3.05) is 20.1 Å². The van der Waals surface area contributed by atoms with Crippen molar-refractivity contribution >= 4 is 17.5 Å². The average molecular weight is 310 g/mol. The van der Waals surface area contributed by atoms with Crippen LogP contribution in [0.25, 0.3) is 0 Å². The number of benzene rings is 1. The summed E-state index contributed by atoms with van der Waals surface area (Å²) in [5.74, 6) is -0.449. The number of amides is 1. The Balaban J connectivity index is 1.74. The lowest BCUT2D eigenvalue weighted by Crippen LogP contribution is -2.35. The molecule has 0 saturated heterocycles. The summed E-state index contributed by atoms with van der Waals surface area (Å²) in [6, 6.07) is 5.96. The maximum absolute atomic E-state index is 11.1. The van der Waals surface area contributed by atoms with Crippen molar-refractivity contribution in [3.8, 4) is 0 Å². The molecule has 0 bridgehead atoms. The van der Waals surface area contributed by atoms with Crippen LogP contribution in [0, 0.1) is 0 Å². The van der Waals surface area contributed by atoms with Crippen molar-refractivity contribution in [1.29, 1.82) is 0 Å². The Morgan fingerprint density at radius 1 is 1.43 bits per heavy atom. The lowest BCUT2D eigenvalue weighted by Gasteiger charge is -2.24. The van der Waals surface area contributed by atoms with E-state index < -0.39 is 5.91 Å². The smallest absolute Gasteiger partial charge is 0.248 e. The number of nitrogens with zero attached hydrogens (tertiary/aromatic N) is 1. The zero-order chi connectivity index (χ0) is 15.2. The van der Waals surface area contributed by atoms with Gasteiger partial charge in [-0.05, 0) is 37.6 Å². The van der Waals surface area contributed by atoms with Crippen molar-refractivity contribution in [1.82, 2.24) is 10.2 Å². The number of nitrogens with one attached hydrogen (secondary N) is 1. The molecule has 21 heavy (non-hydrogen) atoms. The van der Waals surface area contributed by atoms with Crippen LogP contribution in [0.2, 0.25) is 5.02 Å². The van der Waals surface area contributed by atoms with E-state index in [0.29, 0.717) is 17.1 Å². The number of halogens is 1. The van der Waals surface area contributed by atoms with Gasteiger partial charge in [-0.25, -0.2) is 0 Å². The number of hydrogen-bond donors (Lipinski definition) is 2. The quantitative estimate of drug-likeness (QED) is 0.760. The van der Waals surface area contributed by atoms with Crippen LogP contribution in [-0.2, 0) is 6.54 Å². The van der Waals surface area contributed by atoms with Gasteiger partial charge in [0.2, 0.25) is 5.91 Å². The van der Waals surface area contributed by atoms with Crippen LogP contribution >= 0.6 is 11.6 Å². The lowest BCUT2D eigenvalue weighted by molar-refractivity contribution is 0.100. The van der Waals surface area contributed by atoms with Crippen LogP contribution in [0.1, 0.15) is 41.6 Å². The van der Waals surface area contributed by atoms with Gasteiger partial charge in [0, 0.05) is 36.3 Å². The molecule has 0 atom stereocenters. The molecule has 0 radical (unpaired) electrons. The van der Waals surface area contributed by atoms with E-state index in [0.717, 1.165) is 24.7 Å². The maximum Gasteiger partial charge on any atom is 0.248 e. The third-order valence-electron chi connectivity index (χ3n) is 4.24. The Hall–Kier alpha value is -1.10. The predicted molar refractivity (Wildman–Crippen MR) is 86.6 cm³/mol. The zero-order valence-electron chi connectivity index (χ0n) is 12.6. The molecule has 116 valence electrons.